The number of amides is 4. The Morgan fingerprint density at radius 2 is 1.41 bits per heavy atom. The van der Waals surface area contributed by atoms with Crippen molar-refractivity contribution in [3.05, 3.63) is 0 Å². The molecule has 0 bridgehead atoms. The van der Waals surface area contributed by atoms with Crippen LogP contribution in [0.2, 0.25) is 0 Å². The summed E-state index contributed by atoms with van der Waals surface area (Å²) in [6, 6.07) is -0.682. The minimum atomic E-state index is -0.682. The Labute approximate surface area is 174 Å². The Bertz CT molecular complexity index is 531. The van der Waals surface area contributed by atoms with Crippen LogP contribution in [0.15, 0.2) is 0 Å². The van der Waals surface area contributed by atoms with Gasteiger partial charge in [0.15, 0.2) is 0 Å². The van der Waals surface area contributed by atoms with Gasteiger partial charge in [-0.05, 0) is 46.5 Å². The number of hydrogen-bond donors (Lipinski definition) is 4. The monoisotopic (exact) mass is 414 g/mol. The Morgan fingerprint density at radius 1 is 0.828 bits per heavy atom. The zero-order valence-corrected chi connectivity index (χ0v) is 18.5. The predicted octanol–water partition coefficient (Wildman–Crippen LogP) is 1.61. The van der Waals surface area contributed by atoms with Gasteiger partial charge in [-0.1, -0.05) is 13.8 Å². The predicted molar refractivity (Wildman–Crippen MR) is 111 cm³/mol. The van der Waals surface area contributed by atoms with Crippen LogP contribution in [0.25, 0.3) is 0 Å². The normalized spacial score (nSPS) is 11.9. The van der Waals surface area contributed by atoms with E-state index >= 15 is 0 Å². The number of carbonyl (C=O) groups is 4. The van der Waals surface area contributed by atoms with Crippen molar-refractivity contribution in [3.63, 3.8) is 0 Å². The highest BCUT2D eigenvalue weighted by Gasteiger charge is 2.20. The van der Waals surface area contributed by atoms with Crippen molar-refractivity contribution < 1.29 is 23.9 Å². The van der Waals surface area contributed by atoms with E-state index in [9.17, 15) is 19.2 Å². The third-order valence-corrected chi connectivity index (χ3v) is 3.69. The molecule has 168 valence electrons. The minimum absolute atomic E-state index is 0.0169. The van der Waals surface area contributed by atoms with E-state index in [1.807, 2.05) is 13.8 Å². The number of ether oxygens (including phenoxy) is 1. The summed E-state index contributed by atoms with van der Waals surface area (Å²) in [5.74, 6) is -0.522. The van der Waals surface area contributed by atoms with Gasteiger partial charge in [-0.2, -0.15) is 0 Å². The van der Waals surface area contributed by atoms with Gasteiger partial charge in [-0.15, -0.1) is 0 Å². The maximum absolute atomic E-state index is 12.4. The molecule has 1 unspecified atom stereocenters. The number of alkyl carbamates (subject to hydrolysis) is 1. The third kappa shape index (κ3) is 15.3. The highest BCUT2D eigenvalue weighted by molar-refractivity contribution is 5.87. The Balaban J connectivity index is 4.40. The topological polar surface area (TPSA) is 126 Å². The lowest BCUT2D eigenvalue weighted by Crippen LogP contribution is -2.48. The molecule has 0 rings (SSSR count). The van der Waals surface area contributed by atoms with Crippen molar-refractivity contribution >= 4 is 23.8 Å². The van der Waals surface area contributed by atoms with Gasteiger partial charge in [-0.3, -0.25) is 14.4 Å². The molecule has 0 heterocycles. The summed E-state index contributed by atoms with van der Waals surface area (Å²) in [5.41, 5.74) is -0.589. The van der Waals surface area contributed by atoms with E-state index in [-0.39, 0.29) is 30.8 Å². The van der Waals surface area contributed by atoms with E-state index in [4.69, 9.17) is 4.74 Å². The molecular weight excluding hydrogens is 376 g/mol. The molecule has 0 aromatic rings. The van der Waals surface area contributed by atoms with Gasteiger partial charge in [0.25, 0.3) is 0 Å². The molecule has 4 amide bonds. The van der Waals surface area contributed by atoms with Crippen LogP contribution in [0.4, 0.5) is 4.79 Å². The third-order valence-electron chi connectivity index (χ3n) is 3.69. The first kappa shape index (κ1) is 26.7. The average Bonchev–Trinajstić information content (AvgIpc) is 2.60. The fourth-order valence-electron chi connectivity index (χ4n) is 2.40. The van der Waals surface area contributed by atoms with Crippen LogP contribution in [-0.2, 0) is 19.1 Å². The number of carbonyl (C=O) groups excluding carboxylic acids is 4. The molecule has 0 fully saturated rings. The zero-order chi connectivity index (χ0) is 22.3. The van der Waals surface area contributed by atoms with E-state index < -0.39 is 17.7 Å². The summed E-state index contributed by atoms with van der Waals surface area (Å²) in [6.45, 7) is 10.00. The lowest BCUT2D eigenvalue weighted by Gasteiger charge is -2.20. The Kier molecular flexibility index (Phi) is 13.5. The van der Waals surface area contributed by atoms with Crippen molar-refractivity contribution in [2.24, 2.45) is 0 Å². The number of rotatable bonds is 13. The summed E-state index contributed by atoms with van der Waals surface area (Å²) < 4.78 is 5.12. The van der Waals surface area contributed by atoms with Crippen LogP contribution >= 0.6 is 0 Å². The molecule has 0 spiro atoms. The van der Waals surface area contributed by atoms with E-state index in [1.165, 1.54) is 0 Å². The fraction of sp³-hybridized carbons (Fsp3) is 0.800. The molecular formula is C20H38N4O5. The number of nitrogens with one attached hydrogen (secondary N) is 4. The largest absolute Gasteiger partial charge is 0.444 e. The van der Waals surface area contributed by atoms with Gasteiger partial charge >= 0.3 is 6.09 Å². The number of hydrogen-bond acceptors (Lipinski definition) is 5. The molecule has 0 aliphatic heterocycles. The van der Waals surface area contributed by atoms with Gasteiger partial charge in [0.2, 0.25) is 17.7 Å². The SMILES string of the molecule is CCCC(=O)NCCCC(NC(=O)CCC)C(=O)NCCNC(=O)OC(C)(C)C. The summed E-state index contributed by atoms with van der Waals surface area (Å²) in [7, 11) is 0. The van der Waals surface area contributed by atoms with Gasteiger partial charge in [0, 0.05) is 32.5 Å². The van der Waals surface area contributed by atoms with E-state index in [1.54, 1.807) is 20.8 Å². The Hall–Kier alpha value is -2.32. The van der Waals surface area contributed by atoms with E-state index in [0.717, 1.165) is 6.42 Å². The highest BCUT2D eigenvalue weighted by atomic mass is 16.6. The summed E-state index contributed by atoms with van der Waals surface area (Å²) in [6.07, 6.45) is 2.71. The standard InChI is InChI=1S/C20H38N4O5/c1-6-9-16(25)21-12-8-11-15(24-17(26)10-7-2)18(27)22-13-14-23-19(28)29-20(3,4)5/h15H,6-14H2,1-5H3,(H,21,25)(H,22,27)(H,23,28)(H,24,26). The smallest absolute Gasteiger partial charge is 0.407 e. The summed E-state index contributed by atoms with van der Waals surface area (Å²) in [5, 5.41) is 10.8. The van der Waals surface area contributed by atoms with Crippen LogP contribution in [-0.4, -0.2) is 55.1 Å². The average molecular weight is 415 g/mol. The molecule has 0 saturated carbocycles. The quantitative estimate of drug-likeness (QED) is 0.341. The molecule has 0 radical (unpaired) electrons. The Morgan fingerprint density at radius 3 is 2.00 bits per heavy atom. The van der Waals surface area contributed by atoms with Crippen molar-refractivity contribution in [1.82, 2.24) is 21.3 Å². The van der Waals surface area contributed by atoms with Crippen molar-refractivity contribution in [2.45, 2.75) is 84.8 Å². The zero-order valence-electron chi connectivity index (χ0n) is 18.5. The van der Waals surface area contributed by atoms with Gasteiger partial charge in [0.1, 0.15) is 11.6 Å². The molecule has 9 nitrogen and oxygen atoms in total. The van der Waals surface area contributed by atoms with Crippen molar-refractivity contribution in [2.75, 3.05) is 19.6 Å². The van der Waals surface area contributed by atoms with Gasteiger partial charge in [0.05, 0.1) is 0 Å². The first-order valence-electron chi connectivity index (χ1n) is 10.4. The molecule has 0 aromatic carbocycles. The lowest BCUT2D eigenvalue weighted by molar-refractivity contribution is -0.129. The van der Waals surface area contributed by atoms with Gasteiger partial charge in [-0.25, -0.2) is 4.79 Å². The molecule has 9 heteroatoms. The van der Waals surface area contributed by atoms with Crippen LogP contribution < -0.4 is 21.3 Å². The fourth-order valence-corrected chi connectivity index (χ4v) is 2.40. The van der Waals surface area contributed by atoms with Crippen LogP contribution in [0.3, 0.4) is 0 Å². The molecule has 4 N–H and O–H groups in total. The van der Waals surface area contributed by atoms with Gasteiger partial charge < -0.3 is 26.0 Å². The maximum atomic E-state index is 12.4. The molecule has 0 aliphatic rings. The highest BCUT2D eigenvalue weighted by Crippen LogP contribution is 2.06. The second-order valence-corrected chi connectivity index (χ2v) is 7.83. The van der Waals surface area contributed by atoms with Crippen molar-refractivity contribution in [1.29, 1.82) is 0 Å². The molecule has 0 aliphatic carbocycles. The van der Waals surface area contributed by atoms with Crippen molar-refractivity contribution in [3.8, 4) is 0 Å². The molecule has 29 heavy (non-hydrogen) atoms. The van der Waals surface area contributed by atoms with E-state index in [2.05, 4.69) is 21.3 Å². The minimum Gasteiger partial charge on any atom is -0.444 e. The van der Waals surface area contributed by atoms with Crippen LogP contribution in [0.1, 0.15) is 73.1 Å². The first-order valence-corrected chi connectivity index (χ1v) is 10.4. The molecule has 0 saturated heterocycles. The van der Waals surface area contributed by atoms with E-state index in [0.29, 0.717) is 38.6 Å². The summed E-state index contributed by atoms with van der Waals surface area (Å²) >= 11 is 0. The second kappa shape index (κ2) is 14.6. The second-order valence-electron chi connectivity index (χ2n) is 7.83. The summed E-state index contributed by atoms with van der Waals surface area (Å²) in [4.78, 5) is 47.4. The maximum Gasteiger partial charge on any atom is 0.407 e. The van der Waals surface area contributed by atoms with Crippen LogP contribution in [0, 0.1) is 0 Å². The molecule has 0 aromatic heterocycles. The first-order chi connectivity index (χ1) is 13.6. The lowest BCUT2D eigenvalue weighted by atomic mass is 10.1. The van der Waals surface area contributed by atoms with Crippen LogP contribution in [0.5, 0.6) is 0 Å². The molecule has 1 atom stereocenters.